The Morgan fingerprint density at radius 2 is 2.17 bits per heavy atom. The predicted molar refractivity (Wildman–Crippen MR) is 96.2 cm³/mol. The van der Waals surface area contributed by atoms with Crippen LogP contribution in [0.2, 0.25) is 0 Å². The summed E-state index contributed by atoms with van der Waals surface area (Å²) in [5, 5.41) is 6.07. The molecule has 2 aromatic rings. The average molecular weight is 345 g/mol. The lowest BCUT2D eigenvalue weighted by Gasteiger charge is -2.27. The van der Waals surface area contributed by atoms with Crippen molar-refractivity contribution in [2.24, 2.45) is 0 Å². The van der Waals surface area contributed by atoms with Gasteiger partial charge in [-0.2, -0.15) is 0 Å². The number of likely N-dealkylation sites (N-methyl/N-ethyl adjacent to an activating group) is 1. The third-order valence-corrected chi connectivity index (χ3v) is 5.34. The fourth-order valence-corrected chi connectivity index (χ4v) is 4.03. The molecule has 5 nitrogen and oxygen atoms in total. The first-order valence-electron chi connectivity index (χ1n) is 8.11. The number of rotatable bonds is 5. The molecular weight excluding hydrogens is 322 g/mol. The molecule has 0 bridgehead atoms. The molecule has 0 spiro atoms. The number of thioether (sulfide) groups is 1. The fraction of sp³-hybridized carbons (Fsp3) is 0.389. The molecule has 0 saturated heterocycles. The quantitative estimate of drug-likeness (QED) is 0.872. The summed E-state index contributed by atoms with van der Waals surface area (Å²) in [5.41, 5.74) is 1.21. The van der Waals surface area contributed by atoms with E-state index in [2.05, 4.69) is 22.8 Å². The Bertz CT molecular complexity index is 673. The number of hydrogen-bond donors (Lipinski definition) is 2. The molecule has 2 heterocycles. The van der Waals surface area contributed by atoms with E-state index in [-0.39, 0.29) is 18.1 Å². The van der Waals surface area contributed by atoms with Crippen molar-refractivity contribution in [1.82, 2.24) is 15.5 Å². The lowest BCUT2D eigenvalue weighted by molar-refractivity contribution is 0.222. The van der Waals surface area contributed by atoms with Gasteiger partial charge in [-0.1, -0.05) is 18.2 Å². The maximum atomic E-state index is 12.3. The molecule has 24 heavy (non-hydrogen) atoms. The summed E-state index contributed by atoms with van der Waals surface area (Å²) in [6, 6.07) is 12.0. The third-order valence-electron chi connectivity index (χ3n) is 4.21. The van der Waals surface area contributed by atoms with E-state index in [1.54, 1.807) is 6.26 Å². The van der Waals surface area contributed by atoms with Crippen LogP contribution in [0, 0.1) is 0 Å². The maximum Gasteiger partial charge on any atom is 0.315 e. The van der Waals surface area contributed by atoms with E-state index >= 15 is 0 Å². The van der Waals surface area contributed by atoms with Gasteiger partial charge in [0, 0.05) is 17.2 Å². The molecule has 2 atom stereocenters. The minimum atomic E-state index is -0.139. The second-order valence-corrected chi connectivity index (χ2v) is 7.21. The Balaban J connectivity index is 1.58. The molecule has 0 aliphatic carbocycles. The molecule has 0 saturated carbocycles. The topological polar surface area (TPSA) is 57.5 Å². The van der Waals surface area contributed by atoms with Gasteiger partial charge in [0.05, 0.1) is 18.3 Å². The number of hydrogen-bond acceptors (Lipinski definition) is 4. The highest BCUT2D eigenvalue weighted by molar-refractivity contribution is 7.99. The number of carbonyl (C=O) groups is 1. The van der Waals surface area contributed by atoms with Crippen molar-refractivity contribution in [2.75, 3.05) is 26.4 Å². The molecule has 0 fully saturated rings. The highest BCUT2D eigenvalue weighted by Gasteiger charge is 2.23. The van der Waals surface area contributed by atoms with Crippen LogP contribution in [0.25, 0.3) is 0 Å². The van der Waals surface area contributed by atoms with E-state index in [0.717, 1.165) is 17.9 Å². The maximum absolute atomic E-state index is 12.3. The highest BCUT2D eigenvalue weighted by atomic mass is 32.2. The van der Waals surface area contributed by atoms with Gasteiger partial charge in [-0.3, -0.25) is 4.90 Å². The van der Waals surface area contributed by atoms with Gasteiger partial charge in [-0.25, -0.2) is 4.79 Å². The van der Waals surface area contributed by atoms with E-state index < -0.39 is 0 Å². The van der Waals surface area contributed by atoms with Crippen molar-refractivity contribution >= 4 is 17.8 Å². The van der Waals surface area contributed by atoms with Crippen molar-refractivity contribution in [3.63, 3.8) is 0 Å². The molecular formula is C18H23N3O2S. The van der Waals surface area contributed by atoms with Gasteiger partial charge in [-0.15, -0.1) is 11.8 Å². The zero-order valence-electron chi connectivity index (χ0n) is 14.0. The fourth-order valence-electron chi connectivity index (χ4n) is 2.91. The lowest BCUT2D eigenvalue weighted by Crippen LogP contribution is -2.42. The molecule has 6 heteroatoms. The summed E-state index contributed by atoms with van der Waals surface area (Å²) in [7, 11) is 3.95. The number of nitrogens with zero attached hydrogens (tertiary/aromatic N) is 1. The first-order valence-corrected chi connectivity index (χ1v) is 9.09. The summed E-state index contributed by atoms with van der Waals surface area (Å²) in [5.74, 6) is 1.87. The summed E-state index contributed by atoms with van der Waals surface area (Å²) >= 11 is 1.85. The van der Waals surface area contributed by atoms with Crippen LogP contribution in [0.5, 0.6) is 0 Å². The second kappa shape index (κ2) is 7.77. The Morgan fingerprint density at radius 1 is 1.33 bits per heavy atom. The van der Waals surface area contributed by atoms with Crippen LogP contribution in [0.3, 0.4) is 0 Å². The summed E-state index contributed by atoms with van der Waals surface area (Å²) in [6.45, 7) is 0.495. The van der Waals surface area contributed by atoms with E-state index in [1.807, 2.05) is 55.0 Å². The van der Waals surface area contributed by atoms with Gasteiger partial charge in [0.1, 0.15) is 5.76 Å². The molecule has 1 aliphatic rings. The smallest absolute Gasteiger partial charge is 0.315 e. The van der Waals surface area contributed by atoms with E-state index in [0.29, 0.717) is 6.54 Å². The monoisotopic (exact) mass is 345 g/mol. The molecule has 0 radical (unpaired) electrons. The van der Waals surface area contributed by atoms with Gasteiger partial charge in [0.2, 0.25) is 0 Å². The van der Waals surface area contributed by atoms with Crippen molar-refractivity contribution in [1.29, 1.82) is 0 Å². The van der Waals surface area contributed by atoms with Crippen LogP contribution in [-0.4, -0.2) is 37.3 Å². The predicted octanol–water partition coefficient (Wildman–Crippen LogP) is 3.42. The van der Waals surface area contributed by atoms with Crippen LogP contribution < -0.4 is 10.6 Å². The zero-order valence-corrected chi connectivity index (χ0v) is 14.8. The zero-order chi connectivity index (χ0) is 16.9. The third kappa shape index (κ3) is 3.94. The molecule has 2 N–H and O–H groups in total. The van der Waals surface area contributed by atoms with E-state index in [4.69, 9.17) is 4.42 Å². The van der Waals surface area contributed by atoms with Crippen LogP contribution in [0.4, 0.5) is 4.79 Å². The van der Waals surface area contributed by atoms with Gasteiger partial charge in [0.25, 0.3) is 0 Å². The van der Waals surface area contributed by atoms with Crippen LogP contribution >= 0.6 is 11.8 Å². The van der Waals surface area contributed by atoms with Crippen molar-refractivity contribution in [3.05, 3.63) is 54.0 Å². The number of nitrogens with one attached hydrogen (secondary N) is 2. The standard InChI is InChI=1S/C18H23N3O2S/c1-21(2)15(16-7-5-10-23-16)12-19-18(22)20-14-9-11-24-17-8-4-3-6-13(14)17/h3-8,10,14-15H,9,11-12H2,1-2H3,(H2,19,20,22). The average Bonchev–Trinajstić information content (AvgIpc) is 3.09. The van der Waals surface area contributed by atoms with Gasteiger partial charge < -0.3 is 15.1 Å². The number of furan rings is 1. The van der Waals surface area contributed by atoms with Gasteiger partial charge in [0.15, 0.2) is 0 Å². The number of fused-ring (bicyclic) bond motifs is 1. The second-order valence-electron chi connectivity index (χ2n) is 6.08. The molecule has 1 aromatic heterocycles. The summed E-state index contributed by atoms with van der Waals surface area (Å²) in [6.07, 6.45) is 2.60. The largest absolute Gasteiger partial charge is 0.468 e. The summed E-state index contributed by atoms with van der Waals surface area (Å²) < 4.78 is 5.47. The van der Waals surface area contributed by atoms with Crippen molar-refractivity contribution < 1.29 is 9.21 Å². The van der Waals surface area contributed by atoms with Gasteiger partial charge >= 0.3 is 6.03 Å². The van der Waals surface area contributed by atoms with E-state index in [1.165, 1.54) is 10.5 Å². The molecule has 128 valence electrons. The lowest BCUT2D eigenvalue weighted by atomic mass is 10.0. The minimum Gasteiger partial charge on any atom is -0.468 e. The first kappa shape index (κ1) is 16.9. The number of carbonyl (C=O) groups excluding carboxylic acids is 1. The van der Waals surface area contributed by atoms with Gasteiger partial charge in [-0.05, 0) is 44.3 Å². The van der Waals surface area contributed by atoms with Crippen molar-refractivity contribution in [3.8, 4) is 0 Å². The highest BCUT2D eigenvalue weighted by Crippen LogP contribution is 2.35. The molecule has 1 aromatic carbocycles. The summed E-state index contributed by atoms with van der Waals surface area (Å²) in [4.78, 5) is 15.6. The molecule has 2 amide bonds. The number of urea groups is 1. The van der Waals surface area contributed by atoms with Crippen LogP contribution in [0.1, 0.15) is 29.8 Å². The van der Waals surface area contributed by atoms with Crippen molar-refractivity contribution in [2.45, 2.75) is 23.4 Å². The van der Waals surface area contributed by atoms with Crippen LogP contribution in [0.15, 0.2) is 52.0 Å². The SMILES string of the molecule is CN(C)C(CNC(=O)NC1CCSc2ccccc21)c1ccco1. The Hall–Kier alpha value is -1.92. The number of benzene rings is 1. The first-order chi connectivity index (χ1) is 11.6. The normalized spacial score (nSPS) is 18.0. The minimum absolute atomic E-state index is 0.0138. The number of amides is 2. The Morgan fingerprint density at radius 3 is 2.92 bits per heavy atom. The van der Waals surface area contributed by atoms with E-state index in [9.17, 15) is 4.79 Å². The van der Waals surface area contributed by atoms with Crippen LogP contribution in [-0.2, 0) is 0 Å². The molecule has 3 rings (SSSR count). The Labute approximate surface area is 146 Å². The Kier molecular flexibility index (Phi) is 5.48. The molecule has 2 unspecified atom stereocenters. The molecule has 1 aliphatic heterocycles.